The standard InChI is InChI=1S/C25H29FN2O3/c26-21-10-8-18(9-11-21)15-22(29)28-14-4-7-20(16-28)24(31)27-17-25(12-13-25)23(30)19-5-2-1-3-6-19/h1-3,5-6,8-11,20,23,30H,4,7,12-17H2,(H,27,31). The smallest absolute Gasteiger partial charge is 0.227 e. The van der Waals surface area contributed by atoms with Gasteiger partial charge in [0.15, 0.2) is 0 Å². The van der Waals surface area contributed by atoms with Crippen LogP contribution in [0.5, 0.6) is 0 Å². The van der Waals surface area contributed by atoms with E-state index in [1.807, 2.05) is 30.3 Å². The zero-order chi connectivity index (χ0) is 21.8. The first-order valence-electron chi connectivity index (χ1n) is 11.0. The Hall–Kier alpha value is -2.73. The minimum Gasteiger partial charge on any atom is -0.388 e. The number of aliphatic hydroxyl groups is 1. The molecule has 31 heavy (non-hydrogen) atoms. The minimum atomic E-state index is -0.589. The number of benzene rings is 2. The molecule has 2 N–H and O–H groups in total. The summed E-state index contributed by atoms with van der Waals surface area (Å²) in [6.45, 7) is 1.49. The summed E-state index contributed by atoms with van der Waals surface area (Å²) in [5.74, 6) is -0.652. The van der Waals surface area contributed by atoms with Crippen molar-refractivity contribution in [3.05, 3.63) is 71.5 Å². The van der Waals surface area contributed by atoms with Gasteiger partial charge in [-0.2, -0.15) is 0 Å². The number of carbonyl (C=O) groups is 2. The van der Waals surface area contributed by atoms with Crippen molar-refractivity contribution < 1.29 is 19.1 Å². The van der Waals surface area contributed by atoms with Crippen molar-refractivity contribution in [2.24, 2.45) is 11.3 Å². The second-order valence-electron chi connectivity index (χ2n) is 8.88. The first-order valence-corrected chi connectivity index (χ1v) is 11.0. The van der Waals surface area contributed by atoms with Crippen molar-refractivity contribution in [2.45, 2.75) is 38.2 Å². The van der Waals surface area contributed by atoms with E-state index in [0.717, 1.165) is 36.8 Å². The van der Waals surface area contributed by atoms with Crippen molar-refractivity contribution >= 4 is 11.8 Å². The van der Waals surface area contributed by atoms with Gasteiger partial charge >= 0.3 is 0 Å². The van der Waals surface area contributed by atoms with Crippen molar-refractivity contribution in [1.29, 1.82) is 0 Å². The summed E-state index contributed by atoms with van der Waals surface area (Å²) in [4.78, 5) is 27.2. The van der Waals surface area contributed by atoms with Crippen LogP contribution in [-0.2, 0) is 16.0 Å². The van der Waals surface area contributed by atoms with Crippen LogP contribution in [0.25, 0.3) is 0 Å². The Morgan fingerprint density at radius 2 is 1.84 bits per heavy atom. The first-order chi connectivity index (χ1) is 15.0. The Labute approximate surface area is 182 Å². The molecule has 2 unspecified atom stereocenters. The van der Waals surface area contributed by atoms with Crippen molar-refractivity contribution in [3.63, 3.8) is 0 Å². The van der Waals surface area contributed by atoms with E-state index < -0.39 is 6.10 Å². The molecule has 0 bridgehead atoms. The number of nitrogens with zero attached hydrogens (tertiary/aromatic N) is 1. The fourth-order valence-electron chi connectivity index (χ4n) is 4.41. The normalized spacial score (nSPS) is 20.7. The highest BCUT2D eigenvalue weighted by Gasteiger charge is 2.49. The van der Waals surface area contributed by atoms with Crippen LogP contribution < -0.4 is 5.32 Å². The molecule has 6 heteroatoms. The lowest BCUT2D eigenvalue weighted by atomic mass is 9.91. The highest BCUT2D eigenvalue weighted by Crippen LogP contribution is 2.54. The van der Waals surface area contributed by atoms with Crippen molar-refractivity contribution in [2.75, 3.05) is 19.6 Å². The topological polar surface area (TPSA) is 69.6 Å². The molecule has 5 nitrogen and oxygen atoms in total. The van der Waals surface area contributed by atoms with E-state index in [9.17, 15) is 19.1 Å². The van der Waals surface area contributed by atoms with Gasteiger partial charge in [-0.15, -0.1) is 0 Å². The molecule has 1 heterocycles. The molecule has 1 saturated carbocycles. The van der Waals surface area contributed by atoms with E-state index in [4.69, 9.17) is 0 Å². The van der Waals surface area contributed by atoms with Gasteiger partial charge in [-0.05, 0) is 48.9 Å². The van der Waals surface area contributed by atoms with Crippen LogP contribution >= 0.6 is 0 Å². The van der Waals surface area contributed by atoms with E-state index in [0.29, 0.717) is 19.6 Å². The first kappa shape index (κ1) is 21.5. The van der Waals surface area contributed by atoms with Crippen LogP contribution in [0.3, 0.4) is 0 Å². The number of nitrogens with one attached hydrogen (secondary N) is 1. The van der Waals surface area contributed by atoms with Gasteiger partial charge in [-0.25, -0.2) is 4.39 Å². The van der Waals surface area contributed by atoms with Crippen molar-refractivity contribution in [3.8, 4) is 0 Å². The number of carbonyl (C=O) groups excluding carboxylic acids is 2. The quantitative estimate of drug-likeness (QED) is 0.717. The summed E-state index contributed by atoms with van der Waals surface area (Å²) < 4.78 is 13.1. The number of likely N-dealkylation sites (tertiary alicyclic amines) is 1. The fraction of sp³-hybridized carbons (Fsp3) is 0.440. The van der Waals surface area contributed by atoms with Crippen LogP contribution in [0.2, 0.25) is 0 Å². The Balaban J connectivity index is 1.29. The summed E-state index contributed by atoms with van der Waals surface area (Å²) in [7, 11) is 0. The van der Waals surface area contributed by atoms with Crippen LogP contribution in [-0.4, -0.2) is 41.5 Å². The third-order valence-corrected chi connectivity index (χ3v) is 6.62. The maximum Gasteiger partial charge on any atom is 0.227 e. The van der Waals surface area contributed by atoms with Gasteiger partial charge in [-0.1, -0.05) is 42.5 Å². The summed E-state index contributed by atoms with van der Waals surface area (Å²) in [6.07, 6.45) is 2.92. The van der Waals surface area contributed by atoms with E-state index in [2.05, 4.69) is 5.32 Å². The number of rotatable bonds is 7. The van der Waals surface area contributed by atoms with Crippen LogP contribution in [0, 0.1) is 17.2 Å². The monoisotopic (exact) mass is 424 g/mol. The van der Waals surface area contributed by atoms with Crippen LogP contribution in [0.1, 0.15) is 42.9 Å². The van der Waals surface area contributed by atoms with E-state index >= 15 is 0 Å². The summed E-state index contributed by atoms with van der Waals surface area (Å²) in [5, 5.41) is 13.8. The maximum absolute atomic E-state index is 13.1. The minimum absolute atomic E-state index is 0.0396. The Bertz CT molecular complexity index is 912. The SMILES string of the molecule is O=C(NCC1(C(O)c2ccccc2)CC1)C1CCCN(C(=O)Cc2ccc(F)cc2)C1. The molecule has 1 saturated heterocycles. The fourth-order valence-corrected chi connectivity index (χ4v) is 4.41. The van der Waals surface area contributed by atoms with E-state index in [1.54, 1.807) is 17.0 Å². The predicted molar refractivity (Wildman–Crippen MR) is 115 cm³/mol. The zero-order valence-electron chi connectivity index (χ0n) is 17.6. The van der Waals surface area contributed by atoms with Gasteiger partial charge in [0.2, 0.25) is 11.8 Å². The highest BCUT2D eigenvalue weighted by molar-refractivity contribution is 5.82. The largest absolute Gasteiger partial charge is 0.388 e. The Morgan fingerprint density at radius 3 is 2.52 bits per heavy atom. The number of aliphatic hydroxyl groups excluding tert-OH is 1. The molecule has 2 fully saturated rings. The van der Waals surface area contributed by atoms with Crippen molar-refractivity contribution in [1.82, 2.24) is 10.2 Å². The van der Waals surface area contributed by atoms with Crippen LogP contribution in [0.4, 0.5) is 4.39 Å². The predicted octanol–water partition coefficient (Wildman–Crippen LogP) is 3.24. The molecule has 4 rings (SSSR count). The molecule has 1 aliphatic carbocycles. The third kappa shape index (κ3) is 5.13. The lowest BCUT2D eigenvalue weighted by Crippen LogP contribution is -2.47. The molecule has 2 amide bonds. The molecule has 2 atom stereocenters. The maximum atomic E-state index is 13.1. The van der Waals surface area contributed by atoms with Gasteiger partial charge in [0.25, 0.3) is 0 Å². The molecule has 2 aromatic rings. The van der Waals surface area contributed by atoms with Gasteiger partial charge in [0.1, 0.15) is 5.82 Å². The summed E-state index contributed by atoms with van der Waals surface area (Å²) in [5.41, 5.74) is 1.36. The Kier molecular flexibility index (Phi) is 6.37. The summed E-state index contributed by atoms with van der Waals surface area (Å²) >= 11 is 0. The second kappa shape index (κ2) is 9.18. The molecular formula is C25H29FN2O3. The molecule has 164 valence electrons. The number of amides is 2. The number of halogens is 1. The average molecular weight is 425 g/mol. The lowest BCUT2D eigenvalue weighted by molar-refractivity contribution is -0.135. The molecule has 0 aromatic heterocycles. The number of hydrogen-bond donors (Lipinski definition) is 2. The van der Waals surface area contributed by atoms with Gasteiger partial charge in [0.05, 0.1) is 18.4 Å². The molecule has 1 aliphatic heterocycles. The summed E-state index contributed by atoms with van der Waals surface area (Å²) in [6, 6.07) is 15.5. The molecule has 2 aliphatic rings. The third-order valence-electron chi connectivity index (χ3n) is 6.62. The molecule has 0 spiro atoms. The second-order valence-corrected chi connectivity index (χ2v) is 8.88. The van der Waals surface area contributed by atoms with Gasteiger partial charge in [-0.3, -0.25) is 9.59 Å². The highest BCUT2D eigenvalue weighted by atomic mass is 19.1. The van der Waals surface area contributed by atoms with Gasteiger partial charge < -0.3 is 15.3 Å². The number of piperidine rings is 1. The zero-order valence-corrected chi connectivity index (χ0v) is 17.6. The van der Waals surface area contributed by atoms with E-state index in [1.165, 1.54) is 12.1 Å². The lowest BCUT2D eigenvalue weighted by Gasteiger charge is -2.33. The van der Waals surface area contributed by atoms with Crippen LogP contribution in [0.15, 0.2) is 54.6 Å². The number of hydrogen-bond acceptors (Lipinski definition) is 3. The Morgan fingerprint density at radius 1 is 1.13 bits per heavy atom. The van der Waals surface area contributed by atoms with E-state index in [-0.39, 0.29) is 35.4 Å². The average Bonchev–Trinajstić information content (AvgIpc) is 3.60. The van der Waals surface area contributed by atoms with Gasteiger partial charge in [0, 0.05) is 25.0 Å². The molecular weight excluding hydrogens is 395 g/mol. The molecule has 0 radical (unpaired) electrons. The molecule has 2 aromatic carbocycles.